The van der Waals surface area contributed by atoms with Gasteiger partial charge >= 0.3 is 11.9 Å². The number of dihydropyridines is 1. The molecular formula is C28H32ClN3O7S. The van der Waals surface area contributed by atoms with Gasteiger partial charge in [-0.3, -0.25) is 19.8 Å². The maximum atomic E-state index is 13.4. The third-order valence-electron chi connectivity index (χ3n) is 7.16. The van der Waals surface area contributed by atoms with Gasteiger partial charge in [0, 0.05) is 36.0 Å². The number of benzene rings is 1. The number of ketones is 1. The number of hydrogen-bond donors (Lipinski definition) is 1. The highest BCUT2D eigenvalue weighted by Gasteiger charge is 2.38. The van der Waals surface area contributed by atoms with Crippen molar-refractivity contribution in [1.29, 1.82) is 0 Å². The van der Waals surface area contributed by atoms with E-state index in [1.807, 2.05) is 17.5 Å². The van der Waals surface area contributed by atoms with E-state index in [4.69, 9.17) is 9.47 Å². The summed E-state index contributed by atoms with van der Waals surface area (Å²) in [6.07, 6.45) is 1.50. The van der Waals surface area contributed by atoms with E-state index in [0.717, 1.165) is 30.8 Å². The molecule has 10 nitrogen and oxygen atoms in total. The summed E-state index contributed by atoms with van der Waals surface area (Å²) in [5.41, 5.74) is 1.63. The summed E-state index contributed by atoms with van der Waals surface area (Å²) in [7, 11) is 1.24. The third-order valence-corrected chi connectivity index (χ3v) is 8.05. The molecule has 1 aromatic heterocycles. The van der Waals surface area contributed by atoms with Crippen LogP contribution in [-0.4, -0.2) is 60.9 Å². The minimum Gasteiger partial charge on any atom is -0.466 e. The maximum absolute atomic E-state index is 13.4. The maximum Gasteiger partial charge on any atom is 0.336 e. The van der Waals surface area contributed by atoms with Crippen molar-refractivity contribution in [1.82, 2.24) is 10.2 Å². The first kappa shape index (κ1) is 31.0. The number of Topliss-reactive ketones (excluding diaryl/α,β-unsaturated/α-hetero) is 1. The number of ether oxygens (including phenoxy) is 2. The van der Waals surface area contributed by atoms with Gasteiger partial charge in [0.05, 0.1) is 34.0 Å². The molecule has 2 aliphatic heterocycles. The number of esters is 2. The lowest BCUT2D eigenvalue weighted by molar-refractivity contribution is -0.384. The average molecular weight is 590 g/mol. The number of methoxy groups -OCH3 is 1. The lowest BCUT2D eigenvalue weighted by atomic mass is 9.80. The number of carbonyl (C=O) groups is 3. The van der Waals surface area contributed by atoms with Crippen LogP contribution in [0.3, 0.4) is 0 Å². The number of nitro groups is 1. The summed E-state index contributed by atoms with van der Waals surface area (Å²) < 4.78 is 10.6. The van der Waals surface area contributed by atoms with Gasteiger partial charge in [-0.05, 0) is 56.8 Å². The summed E-state index contributed by atoms with van der Waals surface area (Å²) in [5.74, 6) is -1.96. The van der Waals surface area contributed by atoms with E-state index in [9.17, 15) is 24.5 Å². The van der Waals surface area contributed by atoms with Gasteiger partial charge in [-0.15, -0.1) is 23.7 Å². The topological polar surface area (TPSA) is 128 Å². The Kier molecular flexibility index (Phi) is 10.6. The van der Waals surface area contributed by atoms with Crippen LogP contribution in [0.4, 0.5) is 5.69 Å². The fourth-order valence-corrected chi connectivity index (χ4v) is 5.92. The summed E-state index contributed by atoms with van der Waals surface area (Å²) in [4.78, 5) is 52.7. The summed E-state index contributed by atoms with van der Waals surface area (Å²) >= 11 is 1.46. The Balaban J connectivity index is 0.00000441. The number of thiophene rings is 1. The molecule has 1 atom stereocenters. The standard InChI is InChI=1S/C28H31N3O7S.ClH/c1-17-23(27(33)37-3)25(20-6-4-7-21(16-20)31(35)36)24(18(2)29-17)28(34)38-14-13-30-11-9-19(10-12-30)26(32)22-8-5-15-39-22;/h4-8,15-16,19,25,29H,9-14H2,1-3H3;1H. The van der Waals surface area contributed by atoms with E-state index < -0.39 is 22.8 Å². The van der Waals surface area contributed by atoms with Gasteiger partial charge in [0.1, 0.15) is 6.61 Å². The second-order valence-corrected chi connectivity index (χ2v) is 10.5. The monoisotopic (exact) mass is 589 g/mol. The molecule has 1 unspecified atom stereocenters. The number of hydrogen-bond acceptors (Lipinski definition) is 10. The number of allylic oxidation sites excluding steroid dienone is 2. The van der Waals surface area contributed by atoms with Crippen molar-refractivity contribution in [3.63, 3.8) is 0 Å². The van der Waals surface area contributed by atoms with Crippen molar-refractivity contribution in [3.05, 3.63) is 84.9 Å². The van der Waals surface area contributed by atoms with Crippen LogP contribution < -0.4 is 5.32 Å². The molecule has 4 rings (SSSR count). The average Bonchev–Trinajstić information content (AvgIpc) is 3.47. The number of nitrogens with one attached hydrogen (secondary N) is 1. The zero-order valence-corrected chi connectivity index (χ0v) is 24.1. The summed E-state index contributed by atoms with van der Waals surface area (Å²) in [6.45, 7) is 5.48. The number of carbonyl (C=O) groups excluding carboxylic acids is 3. The molecule has 1 saturated heterocycles. The van der Waals surface area contributed by atoms with Gasteiger partial charge in [0.15, 0.2) is 5.78 Å². The van der Waals surface area contributed by atoms with Crippen molar-refractivity contribution in [2.75, 3.05) is 33.4 Å². The first-order chi connectivity index (χ1) is 18.7. The largest absolute Gasteiger partial charge is 0.466 e. The quantitative estimate of drug-likeness (QED) is 0.193. The number of nitrogens with zero attached hydrogens (tertiary/aromatic N) is 2. The van der Waals surface area contributed by atoms with Crippen LogP contribution in [0, 0.1) is 16.0 Å². The predicted molar refractivity (Wildman–Crippen MR) is 152 cm³/mol. The predicted octanol–water partition coefficient (Wildman–Crippen LogP) is 4.62. The highest BCUT2D eigenvalue weighted by atomic mass is 35.5. The molecule has 0 aliphatic carbocycles. The fourth-order valence-electron chi connectivity index (χ4n) is 5.18. The molecule has 1 fully saturated rings. The minimum atomic E-state index is -0.898. The molecule has 0 amide bonds. The highest BCUT2D eigenvalue weighted by Crippen LogP contribution is 2.40. The van der Waals surface area contributed by atoms with E-state index in [2.05, 4.69) is 10.2 Å². The third kappa shape index (κ3) is 6.78. The van der Waals surface area contributed by atoms with Crippen molar-refractivity contribution in [2.24, 2.45) is 5.92 Å². The van der Waals surface area contributed by atoms with Gasteiger partial charge in [0.25, 0.3) is 5.69 Å². The Labute approximate surface area is 242 Å². The number of piperidine rings is 1. The van der Waals surface area contributed by atoms with Crippen molar-refractivity contribution in [3.8, 4) is 0 Å². The molecule has 1 aromatic carbocycles. The second kappa shape index (κ2) is 13.7. The van der Waals surface area contributed by atoms with Gasteiger partial charge < -0.3 is 14.8 Å². The smallest absolute Gasteiger partial charge is 0.336 e. The first-order valence-electron chi connectivity index (χ1n) is 12.7. The van der Waals surface area contributed by atoms with Gasteiger partial charge in [-0.1, -0.05) is 18.2 Å². The Bertz CT molecular complexity index is 1330. The zero-order chi connectivity index (χ0) is 28.1. The zero-order valence-electron chi connectivity index (χ0n) is 22.5. The number of rotatable bonds is 9. The number of non-ortho nitro benzene ring substituents is 1. The molecule has 0 spiro atoms. The SMILES string of the molecule is COC(=O)C1=C(C)NC(C)=C(C(=O)OCCN2CCC(C(=O)c3cccs3)CC2)C1c1cccc([N+](=O)[O-])c1.Cl. The highest BCUT2D eigenvalue weighted by molar-refractivity contribution is 7.12. The Morgan fingerprint density at radius 1 is 1.07 bits per heavy atom. The molecule has 0 radical (unpaired) electrons. The fraction of sp³-hybridized carbons (Fsp3) is 0.393. The normalized spacial score (nSPS) is 18.0. The summed E-state index contributed by atoms with van der Waals surface area (Å²) in [6, 6.07) is 9.61. The Morgan fingerprint density at radius 2 is 1.75 bits per heavy atom. The molecule has 0 saturated carbocycles. The van der Waals surface area contributed by atoms with Gasteiger partial charge in [-0.25, -0.2) is 9.59 Å². The van der Waals surface area contributed by atoms with Crippen LogP contribution in [0.1, 0.15) is 47.8 Å². The molecule has 3 heterocycles. The van der Waals surface area contributed by atoms with E-state index in [1.54, 1.807) is 19.9 Å². The molecule has 12 heteroatoms. The van der Waals surface area contributed by atoms with Crippen LogP contribution in [0.15, 0.2) is 64.3 Å². The van der Waals surface area contributed by atoms with Crippen LogP contribution in [0.25, 0.3) is 0 Å². The lowest BCUT2D eigenvalue weighted by Gasteiger charge is -2.32. The van der Waals surface area contributed by atoms with Crippen molar-refractivity contribution >= 4 is 47.2 Å². The van der Waals surface area contributed by atoms with Crippen molar-refractivity contribution in [2.45, 2.75) is 32.6 Å². The number of halogens is 1. The summed E-state index contributed by atoms with van der Waals surface area (Å²) in [5, 5.41) is 16.4. The first-order valence-corrected chi connectivity index (χ1v) is 13.6. The minimum absolute atomic E-state index is 0. The molecule has 0 bridgehead atoms. The van der Waals surface area contributed by atoms with Crippen molar-refractivity contribution < 1.29 is 28.8 Å². The Morgan fingerprint density at radius 3 is 2.35 bits per heavy atom. The van der Waals surface area contributed by atoms with E-state index in [1.165, 1.54) is 36.6 Å². The van der Waals surface area contributed by atoms with E-state index in [0.29, 0.717) is 23.5 Å². The van der Waals surface area contributed by atoms with E-state index in [-0.39, 0.29) is 47.5 Å². The molecule has 40 heavy (non-hydrogen) atoms. The number of nitro benzene ring substituents is 1. The lowest BCUT2D eigenvalue weighted by Crippen LogP contribution is -2.38. The second-order valence-electron chi connectivity index (χ2n) is 9.57. The van der Waals surface area contributed by atoms with Crippen LogP contribution >= 0.6 is 23.7 Å². The van der Waals surface area contributed by atoms with Crippen LogP contribution in [-0.2, 0) is 19.1 Å². The van der Waals surface area contributed by atoms with Crippen LogP contribution in [0.5, 0.6) is 0 Å². The Hall–Kier alpha value is -3.54. The van der Waals surface area contributed by atoms with Gasteiger partial charge in [0.2, 0.25) is 0 Å². The molecule has 1 N–H and O–H groups in total. The van der Waals surface area contributed by atoms with Gasteiger partial charge in [-0.2, -0.15) is 0 Å². The van der Waals surface area contributed by atoms with Crippen LogP contribution in [0.2, 0.25) is 0 Å². The number of likely N-dealkylation sites (tertiary alicyclic amines) is 1. The van der Waals surface area contributed by atoms with E-state index >= 15 is 0 Å². The molecule has 2 aromatic rings. The molecule has 2 aliphatic rings. The molecule has 214 valence electrons. The molecular weight excluding hydrogens is 558 g/mol.